The summed E-state index contributed by atoms with van der Waals surface area (Å²) in [5.74, 6) is -1.16. The Morgan fingerprint density at radius 1 is 1.09 bits per heavy atom. The second-order valence-electron chi connectivity index (χ2n) is 7.26. The Hall–Kier alpha value is -4.46. The first kappa shape index (κ1) is 19.5. The molecule has 2 N–H and O–H groups in total. The molecule has 32 heavy (non-hydrogen) atoms. The van der Waals surface area contributed by atoms with E-state index in [1.165, 1.54) is 12.0 Å². The van der Waals surface area contributed by atoms with Gasteiger partial charge in [0.1, 0.15) is 11.5 Å². The molecule has 3 heterocycles. The standard InChI is InChI=1S/C24H18N4O4/c1-32-16-8-4-6-14(12-16)21(29)19-20(15-7-5-11-25-13-15)28(23(31)22(19)30)24-26-17-9-2-3-10-18(17)27-24/h2-13,20,29H,1H3,(H,26,27)/b21-19+. The van der Waals surface area contributed by atoms with Crippen molar-refractivity contribution in [3.05, 3.63) is 89.8 Å². The molecule has 0 radical (unpaired) electrons. The van der Waals surface area contributed by atoms with Crippen molar-refractivity contribution in [3.63, 3.8) is 0 Å². The molecule has 5 rings (SSSR count). The highest BCUT2D eigenvalue weighted by Gasteiger charge is 2.48. The van der Waals surface area contributed by atoms with E-state index in [-0.39, 0.29) is 17.3 Å². The van der Waals surface area contributed by atoms with Crippen molar-refractivity contribution < 1.29 is 19.4 Å². The molecule has 1 unspecified atom stereocenters. The van der Waals surface area contributed by atoms with Gasteiger partial charge in [-0.3, -0.25) is 19.5 Å². The first-order chi connectivity index (χ1) is 15.6. The van der Waals surface area contributed by atoms with Crippen LogP contribution in [0.1, 0.15) is 17.2 Å². The van der Waals surface area contributed by atoms with Gasteiger partial charge in [-0.25, -0.2) is 4.98 Å². The van der Waals surface area contributed by atoms with Gasteiger partial charge in [-0.2, -0.15) is 0 Å². The number of aromatic amines is 1. The van der Waals surface area contributed by atoms with Gasteiger partial charge in [0.2, 0.25) is 5.95 Å². The Kier molecular flexibility index (Phi) is 4.67. The second-order valence-corrected chi connectivity index (χ2v) is 7.26. The molecule has 1 saturated heterocycles. The van der Waals surface area contributed by atoms with Crippen LogP contribution < -0.4 is 9.64 Å². The number of ketones is 1. The summed E-state index contributed by atoms with van der Waals surface area (Å²) in [5, 5.41) is 11.1. The molecular formula is C24H18N4O4. The first-order valence-corrected chi connectivity index (χ1v) is 9.88. The van der Waals surface area contributed by atoms with E-state index in [1.54, 1.807) is 54.9 Å². The Morgan fingerprint density at radius 2 is 1.94 bits per heavy atom. The molecule has 8 nitrogen and oxygen atoms in total. The Balaban J connectivity index is 1.73. The fourth-order valence-corrected chi connectivity index (χ4v) is 3.88. The lowest BCUT2D eigenvalue weighted by atomic mass is 9.96. The number of anilines is 1. The van der Waals surface area contributed by atoms with Crippen molar-refractivity contribution >= 4 is 34.4 Å². The summed E-state index contributed by atoms with van der Waals surface area (Å²) in [7, 11) is 1.51. The molecule has 0 bridgehead atoms. The van der Waals surface area contributed by atoms with Gasteiger partial charge in [-0.15, -0.1) is 0 Å². The first-order valence-electron chi connectivity index (χ1n) is 9.88. The van der Waals surface area contributed by atoms with Gasteiger partial charge in [0.15, 0.2) is 0 Å². The van der Waals surface area contributed by atoms with E-state index in [0.29, 0.717) is 22.4 Å². The number of carbonyl (C=O) groups excluding carboxylic acids is 2. The Bertz CT molecular complexity index is 1340. The number of Topliss-reactive ketones (excluding diaryl/α,β-unsaturated/α-hetero) is 1. The molecule has 158 valence electrons. The predicted octanol–water partition coefficient (Wildman–Crippen LogP) is 3.59. The highest BCUT2D eigenvalue weighted by molar-refractivity contribution is 6.51. The van der Waals surface area contributed by atoms with Gasteiger partial charge in [0.25, 0.3) is 5.78 Å². The summed E-state index contributed by atoms with van der Waals surface area (Å²) in [6.07, 6.45) is 3.16. The lowest BCUT2D eigenvalue weighted by Crippen LogP contribution is -2.30. The fraction of sp³-hybridized carbons (Fsp3) is 0.0833. The van der Waals surface area contributed by atoms with Crippen LogP contribution in [0.2, 0.25) is 0 Å². The summed E-state index contributed by atoms with van der Waals surface area (Å²) in [5.41, 5.74) is 2.26. The number of nitrogens with one attached hydrogen (secondary N) is 1. The molecule has 2 aromatic heterocycles. The number of hydrogen-bond acceptors (Lipinski definition) is 6. The smallest absolute Gasteiger partial charge is 0.302 e. The number of aliphatic hydroxyl groups is 1. The fourth-order valence-electron chi connectivity index (χ4n) is 3.88. The average Bonchev–Trinajstić information content (AvgIpc) is 3.37. The SMILES string of the molecule is COc1cccc(/C(O)=C2\C(=O)C(=O)N(c3nc4ccccc4[nH]3)C2c2cccnc2)c1. The molecular weight excluding hydrogens is 408 g/mol. The lowest BCUT2D eigenvalue weighted by Gasteiger charge is -2.22. The largest absolute Gasteiger partial charge is 0.507 e. The average molecular weight is 426 g/mol. The number of rotatable bonds is 4. The maximum absolute atomic E-state index is 13.2. The number of H-pyrrole nitrogens is 1. The van der Waals surface area contributed by atoms with Crippen molar-refractivity contribution in [2.75, 3.05) is 12.0 Å². The normalized spacial score (nSPS) is 17.8. The Labute approximate surface area is 182 Å². The molecule has 1 atom stereocenters. The summed E-state index contributed by atoms with van der Waals surface area (Å²) in [4.78, 5) is 39.3. The zero-order valence-electron chi connectivity index (χ0n) is 17.0. The number of fused-ring (bicyclic) bond motifs is 1. The highest BCUT2D eigenvalue weighted by atomic mass is 16.5. The number of hydrogen-bond donors (Lipinski definition) is 2. The Morgan fingerprint density at radius 3 is 2.69 bits per heavy atom. The molecule has 0 aliphatic carbocycles. The number of carbonyl (C=O) groups is 2. The summed E-state index contributed by atoms with van der Waals surface area (Å²) >= 11 is 0. The number of aliphatic hydroxyl groups excluding tert-OH is 1. The molecule has 1 amide bonds. The lowest BCUT2D eigenvalue weighted by molar-refractivity contribution is -0.132. The third-order valence-electron chi connectivity index (χ3n) is 5.39. The minimum Gasteiger partial charge on any atom is -0.507 e. The number of methoxy groups -OCH3 is 1. The van der Waals surface area contributed by atoms with Gasteiger partial charge in [0, 0.05) is 18.0 Å². The van der Waals surface area contributed by atoms with Gasteiger partial charge in [0.05, 0.1) is 29.8 Å². The molecule has 2 aromatic carbocycles. The van der Waals surface area contributed by atoms with Crippen LogP contribution in [0.15, 0.2) is 78.6 Å². The van der Waals surface area contributed by atoms with Crippen LogP contribution in [0.3, 0.4) is 0 Å². The van der Waals surface area contributed by atoms with Crippen LogP contribution in [0.5, 0.6) is 5.75 Å². The third-order valence-corrected chi connectivity index (χ3v) is 5.39. The predicted molar refractivity (Wildman–Crippen MR) is 118 cm³/mol. The minimum atomic E-state index is -0.907. The van der Waals surface area contributed by atoms with Gasteiger partial charge >= 0.3 is 5.91 Å². The number of benzene rings is 2. The number of ether oxygens (including phenoxy) is 1. The zero-order chi connectivity index (χ0) is 22.2. The third kappa shape index (κ3) is 3.09. The monoisotopic (exact) mass is 426 g/mol. The van der Waals surface area contributed by atoms with Crippen LogP contribution in [-0.4, -0.2) is 38.9 Å². The number of aromatic nitrogens is 3. The van der Waals surface area contributed by atoms with E-state index >= 15 is 0 Å². The molecule has 8 heteroatoms. The number of pyridine rings is 1. The van der Waals surface area contributed by atoms with E-state index in [4.69, 9.17) is 4.74 Å². The molecule has 1 aliphatic rings. The van der Waals surface area contributed by atoms with Crippen molar-refractivity contribution in [2.45, 2.75) is 6.04 Å². The quantitative estimate of drug-likeness (QED) is 0.293. The number of para-hydroxylation sites is 2. The van der Waals surface area contributed by atoms with Crippen molar-refractivity contribution in [1.82, 2.24) is 15.0 Å². The van der Waals surface area contributed by atoms with Crippen LogP contribution >= 0.6 is 0 Å². The summed E-state index contributed by atoms with van der Waals surface area (Å²) in [6.45, 7) is 0. The van der Waals surface area contributed by atoms with Crippen LogP contribution in [-0.2, 0) is 9.59 Å². The maximum atomic E-state index is 13.2. The molecule has 1 aliphatic heterocycles. The van der Waals surface area contributed by atoms with E-state index in [9.17, 15) is 14.7 Å². The van der Waals surface area contributed by atoms with Crippen molar-refractivity contribution in [3.8, 4) is 5.75 Å². The molecule has 1 fully saturated rings. The highest BCUT2D eigenvalue weighted by Crippen LogP contribution is 2.41. The molecule has 0 spiro atoms. The van der Waals surface area contributed by atoms with Gasteiger partial charge in [-0.1, -0.05) is 30.3 Å². The topological polar surface area (TPSA) is 108 Å². The number of amides is 1. The van der Waals surface area contributed by atoms with Crippen LogP contribution in [0, 0.1) is 0 Å². The minimum absolute atomic E-state index is 0.0447. The summed E-state index contributed by atoms with van der Waals surface area (Å²) in [6, 6.07) is 16.5. The van der Waals surface area contributed by atoms with Crippen LogP contribution in [0.4, 0.5) is 5.95 Å². The summed E-state index contributed by atoms with van der Waals surface area (Å²) < 4.78 is 5.23. The maximum Gasteiger partial charge on any atom is 0.302 e. The van der Waals surface area contributed by atoms with E-state index in [2.05, 4.69) is 15.0 Å². The van der Waals surface area contributed by atoms with Gasteiger partial charge in [-0.05, 0) is 35.9 Å². The van der Waals surface area contributed by atoms with Crippen LogP contribution in [0.25, 0.3) is 16.8 Å². The second kappa shape index (κ2) is 7.66. The molecule has 0 saturated carbocycles. The van der Waals surface area contributed by atoms with E-state index < -0.39 is 17.7 Å². The van der Waals surface area contributed by atoms with E-state index in [1.807, 2.05) is 18.2 Å². The number of nitrogens with zero attached hydrogens (tertiary/aromatic N) is 3. The van der Waals surface area contributed by atoms with E-state index in [0.717, 1.165) is 5.52 Å². The van der Waals surface area contributed by atoms with Crippen molar-refractivity contribution in [1.29, 1.82) is 0 Å². The molecule has 4 aromatic rings. The zero-order valence-corrected chi connectivity index (χ0v) is 17.0. The van der Waals surface area contributed by atoms with Crippen molar-refractivity contribution in [2.24, 2.45) is 0 Å². The number of imidazole rings is 1. The van der Waals surface area contributed by atoms with Gasteiger partial charge < -0.3 is 14.8 Å².